The molecule has 0 aliphatic heterocycles. The summed E-state index contributed by atoms with van der Waals surface area (Å²) in [6.45, 7) is 0. The maximum Gasteiger partial charge on any atom is 0.164 e. The van der Waals surface area contributed by atoms with Crippen molar-refractivity contribution in [2.45, 2.75) is 12.3 Å². The third-order valence-corrected chi connectivity index (χ3v) is 15.9. The van der Waals surface area contributed by atoms with Gasteiger partial charge in [0.15, 0.2) is 17.5 Å². The van der Waals surface area contributed by atoms with E-state index >= 15 is 0 Å². The Morgan fingerprint density at radius 3 is 1.31 bits per heavy atom. The molecule has 3 aromatic heterocycles. The van der Waals surface area contributed by atoms with Gasteiger partial charge in [-0.3, -0.25) is 0 Å². The molecular weight excluding hydrogens is 971 g/mol. The molecule has 0 amide bonds. The van der Waals surface area contributed by atoms with Gasteiger partial charge in [0.1, 0.15) is 0 Å². The summed E-state index contributed by atoms with van der Waals surface area (Å²) in [5, 5.41) is 4.85. The van der Waals surface area contributed by atoms with Crippen LogP contribution in [0.25, 0.3) is 134 Å². The first-order valence-electron chi connectivity index (χ1n) is 27.4. The number of rotatable bonds is 10. The first-order chi connectivity index (χ1) is 39.7. The summed E-state index contributed by atoms with van der Waals surface area (Å²) in [7, 11) is 0. The molecule has 11 aromatic carbocycles. The minimum atomic E-state index is 0.0384. The van der Waals surface area contributed by atoms with E-state index in [1.165, 1.54) is 38.1 Å². The molecule has 0 N–H and O–H groups in total. The molecule has 0 bridgehead atoms. The van der Waals surface area contributed by atoms with Crippen LogP contribution in [0.5, 0.6) is 0 Å². The van der Waals surface area contributed by atoms with Crippen LogP contribution in [0, 0.1) is 0 Å². The van der Waals surface area contributed by atoms with Crippen LogP contribution in [-0.2, 0) is 0 Å². The quantitative estimate of drug-likeness (QED) is 0.137. The molecule has 0 fully saturated rings. The zero-order valence-electron chi connectivity index (χ0n) is 43.7. The van der Waals surface area contributed by atoms with Gasteiger partial charge in [0, 0.05) is 49.7 Å². The summed E-state index contributed by atoms with van der Waals surface area (Å²) in [5.74, 6) is 1.83. The molecule has 0 saturated heterocycles. The van der Waals surface area contributed by atoms with Crippen LogP contribution in [-0.4, -0.2) is 24.1 Å². The van der Waals surface area contributed by atoms with Gasteiger partial charge in [0.25, 0.3) is 0 Å². The van der Waals surface area contributed by atoms with E-state index in [-0.39, 0.29) is 5.92 Å². The molecule has 1 unspecified atom stereocenters. The number of hydrogen-bond acceptors (Lipinski definition) is 3. The van der Waals surface area contributed by atoms with Gasteiger partial charge in [-0.2, -0.15) is 0 Å². The lowest BCUT2D eigenvalue weighted by Gasteiger charge is -2.25. The zero-order chi connectivity index (χ0) is 52.9. The molecule has 3 heterocycles. The van der Waals surface area contributed by atoms with Gasteiger partial charge in [-0.1, -0.05) is 231 Å². The van der Waals surface area contributed by atoms with Crippen LogP contribution in [0.4, 0.5) is 0 Å². The molecule has 5 heteroatoms. The molecule has 0 spiro atoms. The van der Waals surface area contributed by atoms with Gasteiger partial charge in [-0.15, -0.1) is 0 Å². The van der Waals surface area contributed by atoms with Crippen LogP contribution in [0.1, 0.15) is 17.9 Å². The van der Waals surface area contributed by atoms with E-state index in [2.05, 4.69) is 300 Å². The second-order valence-corrected chi connectivity index (χ2v) is 20.7. The fourth-order valence-electron chi connectivity index (χ4n) is 12.1. The number of aromatic nitrogens is 5. The summed E-state index contributed by atoms with van der Waals surface area (Å²) in [4.78, 5) is 16.5. The minimum Gasteiger partial charge on any atom is -0.309 e. The van der Waals surface area contributed by atoms with Crippen LogP contribution >= 0.6 is 0 Å². The lowest BCUT2D eigenvalue weighted by molar-refractivity contribution is 0.844. The molecule has 80 heavy (non-hydrogen) atoms. The van der Waals surface area contributed by atoms with Gasteiger partial charge >= 0.3 is 0 Å². The number of fused-ring (bicyclic) bond motifs is 6. The first kappa shape index (κ1) is 46.8. The average Bonchev–Trinajstić information content (AvgIpc) is 4.16. The van der Waals surface area contributed by atoms with E-state index in [1.807, 2.05) is 0 Å². The van der Waals surface area contributed by atoms with Crippen molar-refractivity contribution < 1.29 is 0 Å². The summed E-state index contributed by atoms with van der Waals surface area (Å²) in [5.41, 5.74) is 19.6. The Morgan fingerprint density at radius 1 is 0.312 bits per heavy atom. The van der Waals surface area contributed by atoms with E-state index in [9.17, 15) is 0 Å². The molecule has 14 aromatic rings. The Bertz CT molecular complexity index is 4600. The standard InChI is InChI=1S/C75H51N5/c1-6-23-50(24-7-1)53-41-43-56(44-42-53)73-76-74(59-46-57(51-25-8-2-9-26-51)45-58(47-59)52-27-10-3-11-28-52)78-75(77-73)60-48-64(54-29-12-4-13-30-54)72(65(49-60)55-31-14-5-15-32-55)80-68-38-21-18-35-63(68)71-69(39-22-40-70(71)80)79-66-36-19-16-33-61(66)62-34-17-20-37-67(62)79/h1-31,33-49,55H,32H2. The van der Waals surface area contributed by atoms with E-state index in [1.54, 1.807) is 0 Å². The lowest BCUT2D eigenvalue weighted by atomic mass is 9.86. The highest BCUT2D eigenvalue weighted by Crippen LogP contribution is 2.46. The topological polar surface area (TPSA) is 48.5 Å². The molecule has 0 radical (unpaired) electrons. The number of para-hydroxylation sites is 3. The molecule has 0 saturated carbocycles. The fraction of sp³-hybridized carbons (Fsp3) is 0.0267. The van der Waals surface area contributed by atoms with Gasteiger partial charge in [-0.25, -0.2) is 15.0 Å². The normalized spacial score (nSPS) is 13.2. The van der Waals surface area contributed by atoms with E-state index in [4.69, 9.17) is 15.0 Å². The summed E-state index contributed by atoms with van der Waals surface area (Å²) < 4.78 is 5.00. The second-order valence-electron chi connectivity index (χ2n) is 20.7. The number of allylic oxidation sites excluding steroid dienone is 4. The molecule has 376 valence electrons. The highest BCUT2D eigenvalue weighted by atomic mass is 15.0. The van der Waals surface area contributed by atoms with Crippen molar-refractivity contribution in [3.8, 4) is 90.0 Å². The molecule has 1 aliphatic rings. The minimum absolute atomic E-state index is 0.0384. The van der Waals surface area contributed by atoms with Gasteiger partial charge in [-0.05, 0) is 112 Å². The highest BCUT2D eigenvalue weighted by molar-refractivity contribution is 6.17. The first-order valence-corrected chi connectivity index (χ1v) is 27.4. The van der Waals surface area contributed by atoms with Gasteiger partial charge < -0.3 is 9.13 Å². The Kier molecular flexibility index (Phi) is 11.6. The Morgan fingerprint density at radius 2 is 0.750 bits per heavy atom. The van der Waals surface area contributed by atoms with Crippen molar-refractivity contribution in [2.24, 2.45) is 0 Å². The molecular formula is C75H51N5. The smallest absolute Gasteiger partial charge is 0.164 e. The van der Waals surface area contributed by atoms with Gasteiger partial charge in [0.2, 0.25) is 0 Å². The SMILES string of the molecule is C1=CCC(c2cc(-c3nc(-c4ccc(-c5ccccc5)cc4)nc(-c4cc(-c5ccccc5)cc(-c5ccccc5)c4)n3)cc(-c3ccccc3)c2-n2c3ccccc3c3c(-n4c5ccccc5c5ccccc54)cccc32)C=C1. The summed E-state index contributed by atoms with van der Waals surface area (Å²) in [6, 6.07) is 95.8. The van der Waals surface area contributed by atoms with Crippen LogP contribution in [0.15, 0.2) is 291 Å². The molecule has 5 nitrogen and oxygen atoms in total. The zero-order valence-corrected chi connectivity index (χ0v) is 43.7. The number of hydrogen-bond donors (Lipinski definition) is 0. The van der Waals surface area contributed by atoms with Gasteiger partial charge in [0.05, 0.1) is 33.4 Å². The monoisotopic (exact) mass is 1020 g/mol. The molecule has 1 aliphatic carbocycles. The molecule has 1 atom stereocenters. The van der Waals surface area contributed by atoms with E-state index in [0.717, 1.165) is 90.0 Å². The van der Waals surface area contributed by atoms with Crippen molar-refractivity contribution in [2.75, 3.05) is 0 Å². The van der Waals surface area contributed by atoms with Crippen LogP contribution in [0.3, 0.4) is 0 Å². The Hall–Kier alpha value is -10.5. The summed E-state index contributed by atoms with van der Waals surface area (Å²) >= 11 is 0. The average molecular weight is 1020 g/mol. The van der Waals surface area contributed by atoms with Crippen molar-refractivity contribution >= 4 is 43.6 Å². The number of nitrogens with zero attached hydrogens (tertiary/aromatic N) is 5. The predicted molar refractivity (Wildman–Crippen MR) is 332 cm³/mol. The van der Waals surface area contributed by atoms with Crippen molar-refractivity contribution in [3.63, 3.8) is 0 Å². The van der Waals surface area contributed by atoms with Crippen molar-refractivity contribution in [1.82, 2.24) is 24.1 Å². The van der Waals surface area contributed by atoms with E-state index < -0.39 is 0 Å². The lowest BCUT2D eigenvalue weighted by Crippen LogP contribution is -2.09. The summed E-state index contributed by atoms with van der Waals surface area (Å²) in [6.07, 6.45) is 9.84. The highest BCUT2D eigenvalue weighted by Gasteiger charge is 2.27. The van der Waals surface area contributed by atoms with Crippen LogP contribution in [0.2, 0.25) is 0 Å². The third kappa shape index (κ3) is 8.23. The fourth-order valence-corrected chi connectivity index (χ4v) is 12.1. The predicted octanol–water partition coefficient (Wildman–Crippen LogP) is 19.3. The Labute approximate surface area is 464 Å². The Balaban J connectivity index is 1.00. The van der Waals surface area contributed by atoms with Crippen molar-refractivity contribution in [3.05, 3.63) is 297 Å². The maximum absolute atomic E-state index is 5.57. The largest absolute Gasteiger partial charge is 0.309 e. The molecule has 15 rings (SSSR count). The third-order valence-electron chi connectivity index (χ3n) is 15.9. The van der Waals surface area contributed by atoms with Crippen molar-refractivity contribution in [1.29, 1.82) is 0 Å². The maximum atomic E-state index is 5.57. The van der Waals surface area contributed by atoms with Crippen LogP contribution < -0.4 is 0 Å². The number of benzene rings is 11. The van der Waals surface area contributed by atoms with E-state index in [0.29, 0.717) is 17.5 Å². The second kappa shape index (κ2) is 19.8.